The maximum Gasteiger partial charge on any atom is 0.262 e. The van der Waals surface area contributed by atoms with Gasteiger partial charge in [0.2, 0.25) is 5.91 Å². The number of amides is 1. The molecule has 1 amide bonds. The molecule has 3 aromatic rings. The zero-order valence-corrected chi connectivity index (χ0v) is 17.9. The molecule has 0 aliphatic carbocycles. The van der Waals surface area contributed by atoms with Crippen LogP contribution in [0.25, 0.3) is 0 Å². The molecule has 0 saturated carbocycles. The Hall–Kier alpha value is -3.52. The molecular weight excluding hydrogens is 416 g/mol. The fourth-order valence-electron chi connectivity index (χ4n) is 2.81. The van der Waals surface area contributed by atoms with Crippen molar-refractivity contribution >= 4 is 27.3 Å². The Morgan fingerprint density at radius 3 is 2.29 bits per heavy atom. The van der Waals surface area contributed by atoms with Crippen LogP contribution >= 0.6 is 0 Å². The third-order valence-corrected chi connectivity index (χ3v) is 5.74. The van der Waals surface area contributed by atoms with E-state index in [0.717, 1.165) is 5.75 Å². The van der Waals surface area contributed by atoms with Crippen LogP contribution in [0.1, 0.15) is 12.8 Å². The van der Waals surface area contributed by atoms with Crippen LogP contribution in [0.15, 0.2) is 83.8 Å². The van der Waals surface area contributed by atoms with Gasteiger partial charge in [-0.3, -0.25) is 9.52 Å². The number of carbonyl (C=O) groups excluding carboxylic acids is 1. The Labute approximate surface area is 182 Å². The minimum absolute atomic E-state index is 0.0765. The quantitative estimate of drug-likeness (QED) is 0.459. The number of methoxy groups -OCH3 is 1. The van der Waals surface area contributed by atoms with Gasteiger partial charge in [0.1, 0.15) is 11.5 Å². The lowest BCUT2D eigenvalue weighted by Crippen LogP contribution is -2.15. The van der Waals surface area contributed by atoms with Gasteiger partial charge in [0.15, 0.2) is 0 Å². The van der Waals surface area contributed by atoms with Crippen LogP contribution in [0, 0.1) is 0 Å². The Kier molecular flexibility index (Phi) is 7.50. The summed E-state index contributed by atoms with van der Waals surface area (Å²) in [6, 6.07) is 22.1. The predicted molar refractivity (Wildman–Crippen MR) is 120 cm³/mol. The Morgan fingerprint density at radius 1 is 0.903 bits per heavy atom. The van der Waals surface area contributed by atoms with Gasteiger partial charge in [-0.2, -0.15) is 0 Å². The van der Waals surface area contributed by atoms with E-state index in [-0.39, 0.29) is 10.8 Å². The standard InChI is InChI=1S/C23H24N2O5S/c1-29-22-11-6-5-10-21(22)25-31(27,28)20-15-13-18(14-16-20)24-23(26)12-7-17-30-19-8-3-2-4-9-19/h2-6,8-11,13-16,25H,7,12,17H2,1H3,(H,24,26). The van der Waals surface area contributed by atoms with E-state index in [0.29, 0.717) is 36.6 Å². The van der Waals surface area contributed by atoms with Crippen LogP contribution in [0.3, 0.4) is 0 Å². The molecular formula is C23H24N2O5S. The van der Waals surface area contributed by atoms with Crippen molar-refractivity contribution in [3.63, 3.8) is 0 Å². The zero-order chi connectivity index (χ0) is 22.1. The molecule has 7 nitrogen and oxygen atoms in total. The lowest BCUT2D eigenvalue weighted by Gasteiger charge is -2.12. The lowest BCUT2D eigenvalue weighted by atomic mass is 10.2. The first-order chi connectivity index (χ1) is 15.0. The second-order valence-corrected chi connectivity index (χ2v) is 8.33. The molecule has 0 fully saturated rings. The second kappa shape index (κ2) is 10.5. The fourth-order valence-corrected chi connectivity index (χ4v) is 3.88. The highest BCUT2D eigenvalue weighted by Crippen LogP contribution is 2.26. The molecule has 0 aromatic heterocycles. The lowest BCUT2D eigenvalue weighted by molar-refractivity contribution is -0.116. The van der Waals surface area contributed by atoms with E-state index in [1.807, 2.05) is 30.3 Å². The number of sulfonamides is 1. The van der Waals surface area contributed by atoms with Crippen molar-refractivity contribution in [2.75, 3.05) is 23.8 Å². The average Bonchev–Trinajstić information content (AvgIpc) is 2.78. The molecule has 0 radical (unpaired) electrons. The minimum Gasteiger partial charge on any atom is -0.495 e. The van der Waals surface area contributed by atoms with Crippen LogP contribution in [-0.4, -0.2) is 28.0 Å². The monoisotopic (exact) mass is 440 g/mol. The highest BCUT2D eigenvalue weighted by molar-refractivity contribution is 7.92. The zero-order valence-electron chi connectivity index (χ0n) is 17.1. The second-order valence-electron chi connectivity index (χ2n) is 6.64. The summed E-state index contributed by atoms with van der Waals surface area (Å²) in [4.78, 5) is 12.2. The summed E-state index contributed by atoms with van der Waals surface area (Å²) >= 11 is 0. The van der Waals surface area contributed by atoms with Gasteiger partial charge in [0.25, 0.3) is 10.0 Å². The molecule has 162 valence electrons. The first-order valence-electron chi connectivity index (χ1n) is 9.71. The number of ether oxygens (including phenoxy) is 2. The van der Waals surface area contributed by atoms with Gasteiger partial charge in [0, 0.05) is 12.1 Å². The van der Waals surface area contributed by atoms with Crippen molar-refractivity contribution in [1.82, 2.24) is 0 Å². The van der Waals surface area contributed by atoms with Gasteiger partial charge in [-0.1, -0.05) is 30.3 Å². The summed E-state index contributed by atoms with van der Waals surface area (Å²) in [5.41, 5.74) is 0.866. The van der Waals surface area contributed by atoms with Crippen LogP contribution in [0.5, 0.6) is 11.5 Å². The summed E-state index contributed by atoms with van der Waals surface area (Å²) in [6.07, 6.45) is 0.859. The molecule has 2 N–H and O–H groups in total. The maximum atomic E-state index is 12.6. The first-order valence-corrected chi connectivity index (χ1v) is 11.2. The number of nitrogens with one attached hydrogen (secondary N) is 2. The highest BCUT2D eigenvalue weighted by atomic mass is 32.2. The summed E-state index contributed by atoms with van der Waals surface area (Å²) in [5, 5.41) is 2.76. The fraction of sp³-hybridized carbons (Fsp3) is 0.174. The van der Waals surface area contributed by atoms with Crippen molar-refractivity contribution in [3.8, 4) is 11.5 Å². The first kappa shape index (κ1) is 22.2. The molecule has 3 rings (SSSR count). The smallest absolute Gasteiger partial charge is 0.262 e. The maximum absolute atomic E-state index is 12.6. The third kappa shape index (κ3) is 6.48. The normalized spacial score (nSPS) is 10.9. The van der Waals surface area contributed by atoms with Crippen LogP contribution in [0.2, 0.25) is 0 Å². The molecule has 8 heteroatoms. The predicted octanol–water partition coefficient (Wildman–Crippen LogP) is 4.29. The molecule has 3 aromatic carbocycles. The number of rotatable bonds is 10. The summed E-state index contributed by atoms with van der Waals surface area (Å²) in [7, 11) is -2.32. The van der Waals surface area contributed by atoms with E-state index in [1.54, 1.807) is 36.4 Å². The Bertz CT molecular complexity index is 1100. The van der Waals surface area contributed by atoms with Gasteiger partial charge in [-0.15, -0.1) is 0 Å². The molecule has 0 saturated heterocycles. The molecule has 31 heavy (non-hydrogen) atoms. The molecule has 0 bridgehead atoms. The molecule has 0 heterocycles. The minimum atomic E-state index is -3.79. The largest absolute Gasteiger partial charge is 0.495 e. The number of hydrogen-bond donors (Lipinski definition) is 2. The van der Waals surface area contributed by atoms with Gasteiger partial charge in [-0.25, -0.2) is 8.42 Å². The molecule has 0 aliphatic rings. The molecule has 0 atom stereocenters. The highest BCUT2D eigenvalue weighted by Gasteiger charge is 2.16. The van der Waals surface area contributed by atoms with Crippen molar-refractivity contribution in [2.45, 2.75) is 17.7 Å². The average molecular weight is 441 g/mol. The van der Waals surface area contributed by atoms with E-state index < -0.39 is 10.0 Å². The number of hydrogen-bond acceptors (Lipinski definition) is 5. The number of anilines is 2. The Morgan fingerprint density at radius 2 is 1.58 bits per heavy atom. The van der Waals surface area contributed by atoms with Crippen LogP contribution in [0.4, 0.5) is 11.4 Å². The molecule has 0 aliphatic heterocycles. The van der Waals surface area contributed by atoms with Gasteiger partial charge in [-0.05, 0) is 55.0 Å². The van der Waals surface area contributed by atoms with Crippen molar-refractivity contribution in [3.05, 3.63) is 78.9 Å². The van der Waals surface area contributed by atoms with E-state index in [2.05, 4.69) is 10.0 Å². The number of para-hydroxylation sites is 3. The van der Waals surface area contributed by atoms with Crippen LogP contribution < -0.4 is 19.5 Å². The summed E-state index contributed by atoms with van der Waals surface area (Å²) in [6.45, 7) is 0.434. The van der Waals surface area contributed by atoms with Crippen molar-refractivity contribution < 1.29 is 22.7 Å². The van der Waals surface area contributed by atoms with E-state index in [9.17, 15) is 13.2 Å². The third-order valence-electron chi connectivity index (χ3n) is 4.36. The topological polar surface area (TPSA) is 93.7 Å². The summed E-state index contributed by atoms with van der Waals surface area (Å²) < 4.78 is 38.5. The van der Waals surface area contributed by atoms with E-state index >= 15 is 0 Å². The molecule has 0 unspecified atom stereocenters. The van der Waals surface area contributed by atoms with Gasteiger partial charge in [0.05, 0.1) is 24.3 Å². The van der Waals surface area contributed by atoms with Gasteiger partial charge >= 0.3 is 0 Å². The van der Waals surface area contributed by atoms with Crippen molar-refractivity contribution in [2.24, 2.45) is 0 Å². The van der Waals surface area contributed by atoms with E-state index in [4.69, 9.17) is 9.47 Å². The van der Waals surface area contributed by atoms with Gasteiger partial charge < -0.3 is 14.8 Å². The molecule has 0 spiro atoms. The SMILES string of the molecule is COc1ccccc1NS(=O)(=O)c1ccc(NC(=O)CCCOc2ccccc2)cc1. The number of carbonyl (C=O) groups is 1. The number of benzene rings is 3. The van der Waals surface area contributed by atoms with E-state index in [1.165, 1.54) is 19.2 Å². The van der Waals surface area contributed by atoms with Crippen LogP contribution in [-0.2, 0) is 14.8 Å². The Balaban J connectivity index is 1.51. The summed E-state index contributed by atoms with van der Waals surface area (Å²) in [5.74, 6) is 1.02. The van der Waals surface area contributed by atoms with Crippen molar-refractivity contribution in [1.29, 1.82) is 0 Å².